The van der Waals surface area contributed by atoms with Crippen LogP contribution in [0.15, 0.2) is 21.9 Å². The third-order valence-corrected chi connectivity index (χ3v) is 3.23. The number of nitrogens with zero attached hydrogens (tertiary/aromatic N) is 2. The fraction of sp³-hybridized carbons (Fsp3) is 0.571. The molecule has 1 aliphatic heterocycles. The Labute approximate surface area is 126 Å². The summed E-state index contributed by atoms with van der Waals surface area (Å²) in [5.41, 5.74) is -1.84. The van der Waals surface area contributed by atoms with Gasteiger partial charge in [0.05, 0.1) is 6.54 Å². The number of Topliss-reactive ketones (excluding diaryl/α,β-unsaturated/α-hetero) is 1. The van der Waals surface area contributed by atoms with Crippen LogP contribution in [0.1, 0.15) is 33.2 Å². The number of hydrogen-bond acceptors (Lipinski definition) is 5. The lowest BCUT2D eigenvalue weighted by Crippen LogP contribution is -2.49. The van der Waals surface area contributed by atoms with Crippen LogP contribution in [-0.2, 0) is 9.53 Å². The van der Waals surface area contributed by atoms with Crippen LogP contribution < -0.4 is 11.2 Å². The van der Waals surface area contributed by atoms with E-state index in [0.717, 1.165) is 4.57 Å². The predicted molar refractivity (Wildman–Crippen MR) is 77.8 cm³/mol. The molecular formula is C14H19N3O5. The topological polar surface area (TPSA) is 101 Å². The lowest BCUT2D eigenvalue weighted by Gasteiger charge is -2.33. The zero-order valence-electron chi connectivity index (χ0n) is 12.8. The van der Waals surface area contributed by atoms with Crippen molar-refractivity contribution in [3.05, 3.63) is 33.1 Å². The number of nitrogens with one attached hydrogen (secondary N) is 1. The highest BCUT2D eigenvalue weighted by atomic mass is 16.6. The van der Waals surface area contributed by atoms with Crippen LogP contribution in [0.25, 0.3) is 0 Å². The van der Waals surface area contributed by atoms with Gasteiger partial charge < -0.3 is 9.64 Å². The summed E-state index contributed by atoms with van der Waals surface area (Å²) in [6.07, 6.45) is 0.875. The normalized spacial score (nSPS) is 19.1. The number of piperidine rings is 1. The smallest absolute Gasteiger partial charge is 0.410 e. The molecule has 0 spiro atoms. The Balaban J connectivity index is 2.21. The minimum absolute atomic E-state index is 0.0414. The molecule has 2 heterocycles. The number of carbonyl (C=O) groups is 2. The molecule has 0 aliphatic carbocycles. The number of aromatic amines is 1. The van der Waals surface area contributed by atoms with E-state index in [1.165, 1.54) is 17.2 Å². The number of rotatable bonds is 1. The standard InChI is InChI=1S/C14H19N3O5/c1-14(2,3)22-13(21)16-6-4-10(18)9(8-16)17-7-5-11(19)15-12(17)20/h5,7,9H,4,6,8H2,1-3H3,(H,15,19,20). The Hall–Kier alpha value is -2.38. The zero-order valence-corrected chi connectivity index (χ0v) is 12.8. The van der Waals surface area contributed by atoms with E-state index < -0.39 is 29.0 Å². The number of ether oxygens (including phenoxy) is 1. The molecule has 0 radical (unpaired) electrons. The largest absolute Gasteiger partial charge is 0.444 e. The molecule has 2 rings (SSSR count). The minimum atomic E-state index is -0.814. The van der Waals surface area contributed by atoms with Gasteiger partial charge in [-0.2, -0.15) is 0 Å². The van der Waals surface area contributed by atoms with Gasteiger partial charge >= 0.3 is 11.8 Å². The molecule has 120 valence electrons. The summed E-state index contributed by atoms with van der Waals surface area (Å²) in [4.78, 5) is 50.5. The Kier molecular flexibility index (Phi) is 4.20. The fourth-order valence-electron chi connectivity index (χ4n) is 2.22. The molecule has 1 amide bonds. The summed E-state index contributed by atoms with van der Waals surface area (Å²) in [7, 11) is 0. The van der Waals surface area contributed by atoms with E-state index in [0.29, 0.717) is 0 Å². The van der Waals surface area contributed by atoms with Crippen molar-refractivity contribution in [3.8, 4) is 0 Å². The SMILES string of the molecule is CC(C)(C)OC(=O)N1CCC(=O)C(n2ccc(=O)[nH]c2=O)C1. The van der Waals surface area contributed by atoms with Gasteiger partial charge in [-0.25, -0.2) is 9.59 Å². The van der Waals surface area contributed by atoms with Crippen molar-refractivity contribution in [2.24, 2.45) is 0 Å². The Morgan fingerprint density at radius 1 is 1.32 bits per heavy atom. The highest BCUT2D eigenvalue weighted by molar-refractivity contribution is 5.85. The first-order valence-corrected chi connectivity index (χ1v) is 6.99. The molecule has 0 aromatic carbocycles. The highest BCUT2D eigenvalue weighted by Gasteiger charge is 2.33. The number of ketones is 1. The number of carbonyl (C=O) groups excluding carboxylic acids is 2. The van der Waals surface area contributed by atoms with Gasteiger partial charge in [0, 0.05) is 25.2 Å². The van der Waals surface area contributed by atoms with Crippen LogP contribution in [0.2, 0.25) is 0 Å². The number of hydrogen-bond donors (Lipinski definition) is 1. The monoisotopic (exact) mass is 309 g/mol. The second kappa shape index (κ2) is 5.78. The van der Waals surface area contributed by atoms with Crippen molar-refractivity contribution in [1.29, 1.82) is 0 Å². The fourth-order valence-corrected chi connectivity index (χ4v) is 2.22. The van der Waals surface area contributed by atoms with Crippen molar-refractivity contribution in [1.82, 2.24) is 14.5 Å². The Morgan fingerprint density at radius 2 is 2.00 bits per heavy atom. The quantitative estimate of drug-likeness (QED) is 0.803. The minimum Gasteiger partial charge on any atom is -0.444 e. The van der Waals surface area contributed by atoms with E-state index in [2.05, 4.69) is 4.98 Å². The summed E-state index contributed by atoms with van der Waals surface area (Å²) in [5.74, 6) is -0.158. The van der Waals surface area contributed by atoms with Crippen molar-refractivity contribution < 1.29 is 14.3 Å². The molecule has 22 heavy (non-hydrogen) atoms. The van der Waals surface area contributed by atoms with Gasteiger partial charge in [0.2, 0.25) is 0 Å². The number of likely N-dealkylation sites (tertiary alicyclic amines) is 1. The summed E-state index contributed by atoms with van der Waals surface area (Å²) in [6.45, 7) is 5.56. The van der Waals surface area contributed by atoms with Crippen molar-refractivity contribution in [2.45, 2.75) is 38.8 Å². The average molecular weight is 309 g/mol. The molecule has 8 heteroatoms. The third kappa shape index (κ3) is 3.63. The van der Waals surface area contributed by atoms with Crippen LogP contribution >= 0.6 is 0 Å². The summed E-state index contributed by atoms with van der Waals surface area (Å²) >= 11 is 0. The average Bonchev–Trinajstić information content (AvgIpc) is 2.38. The van der Waals surface area contributed by atoms with Crippen LogP contribution in [-0.4, -0.2) is 45.0 Å². The summed E-state index contributed by atoms with van der Waals surface area (Å²) in [6, 6.07) is 0.354. The van der Waals surface area contributed by atoms with Gasteiger partial charge in [0.1, 0.15) is 11.6 Å². The molecule has 0 saturated carbocycles. The summed E-state index contributed by atoms with van der Waals surface area (Å²) < 4.78 is 6.42. The maximum absolute atomic E-state index is 12.1. The second-order valence-corrected chi connectivity index (χ2v) is 6.18. The lowest BCUT2D eigenvalue weighted by molar-refractivity contribution is -0.125. The number of aromatic nitrogens is 2. The Bertz CT molecular complexity index is 697. The predicted octanol–water partition coefficient (Wildman–Crippen LogP) is 0.288. The number of H-pyrrole nitrogens is 1. The molecule has 1 saturated heterocycles. The van der Waals surface area contributed by atoms with Crippen LogP contribution in [0.3, 0.4) is 0 Å². The van der Waals surface area contributed by atoms with Gasteiger partial charge in [-0.15, -0.1) is 0 Å². The molecule has 1 atom stereocenters. The van der Waals surface area contributed by atoms with Gasteiger partial charge in [0.15, 0.2) is 5.78 Å². The van der Waals surface area contributed by atoms with E-state index in [1.54, 1.807) is 20.8 Å². The molecule has 1 aromatic heterocycles. The van der Waals surface area contributed by atoms with Crippen molar-refractivity contribution in [3.63, 3.8) is 0 Å². The summed E-state index contributed by atoms with van der Waals surface area (Å²) in [5, 5.41) is 0. The van der Waals surface area contributed by atoms with Crippen LogP contribution in [0, 0.1) is 0 Å². The second-order valence-electron chi connectivity index (χ2n) is 6.18. The molecular weight excluding hydrogens is 290 g/mol. The van der Waals surface area contributed by atoms with Crippen molar-refractivity contribution in [2.75, 3.05) is 13.1 Å². The lowest BCUT2D eigenvalue weighted by atomic mass is 10.0. The first-order chi connectivity index (χ1) is 10.2. The van der Waals surface area contributed by atoms with Gasteiger partial charge in [-0.3, -0.25) is 19.1 Å². The zero-order chi connectivity index (χ0) is 16.5. The molecule has 1 fully saturated rings. The molecule has 1 aliphatic rings. The first-order valence-electron chi connectivity index (χ1n) is 6.99. The van der Waals surface area contributed by atoms with E-state index in [1.807, 2.05) is 0 Å². The highest BCUT2D eigenvalue weighted by Crippen LogP contribution is 2.19. The van der Waals surface area contributed by atoms with E-state index in [9.17, 15) is 19.2 Å². The molecule has 0 bridgehead atoms. The van der Waals surface area contributed by atoms with Gasteiger partial charge in [0.25, 0.3) is 5.56 Å². The Morgan fingerprint density at radius 3 is 2.59 bits per heavy atom. The molecule has 1 N–H and O–H groups in total. The number of amides is 1. The van der Waals surface area contributed by atoms with Crippen LogP contribution in [0.5, 0.6) is 0 Å². The van der Waals surface area contributed by atoms with E-state index in [-0.39, 0.29) is 25.3 Å². The van der Waals surface area contributed by atoms with Crippen molar-refractivity contribution >= 4 is 11.9 Å². The van der Waals surface area contributed by atoms with Crippen LogP contribution in [0.4, 0.5) is 4.79 Å². The van der Waals surface area contributed by atoms with E-state index in [4.69, 9.17) is 4.74 Å². The molecule has 1 unspecified atom stereocenters. The van der Waals surface area contributed by atoms with E-state index >= 15 is 0 Å². The molecule has 1 aromatic rings. The maximum Gasteiger partial charge on any atom is 0.410 e. The maximum atomic E-state index is 12.1. The molecule has 8 nitrogen and oxygen atoms in total. The van der Waals surface area contributed by atoms with Gasteiger partial charge in [-0.1, -0.05) is 0 Å². The third-order valence-electron chi connectivity index (χ3n) is 3.23. The van der Waals surface area contributed by atoms with Gasteiger partial charge in [-0.05, 0) is 20.8 Å². The first kappa shape index (κ1) is 16.0.